The summed E-state index contributed by atoms with van der Waals surface area (Å²) in [5, 5.41) is 3.24. The Balaban J connectivity index is 1.25. The van der Waals surface area contributed by atoms with Crippen LogP contribution in [0.4, 0.5) is 0 Å². The van der Waals surface area contributed by atoms with E-state index >= 15 is 0 Å². The van der Waals surface area contributed by atoms with Crippen LogP contribution >= 0.6 is 0 Å². The minimum Gasteiger partial charge on any atom is -0.490 e. The summed E-state index contributed by atoms with van der Waals surface area (Å²) in [4.78, 5) is 31.9. The smallest absolute Gasteiger partial charge is 0.236 e. The summed E-state index contributed by atoms with van der Waals surface area (Å²) in [6.45, 7) is 11.5. The monoisotopic (exact) mass is 472 g/mol. The number of ether oxygens (including phenoxy) is 2. The van der Waals surface area contributed by atoms with Gasteiger partial charge in [-0.15, -0.1) is 0 Å². The predicted molar refractivity (Wildman–Crippen MR) is 131 cm³/mol. The van der Waals surface area contributed by atoms with E-state index in [0.717, 1.165) is 75.6 Å². The average molecular weight is 473 g/mol. The molecule has 2 fully saturated rings. The van der Waals surface area contributed by atoms with Crippen LogP contribution in [0.1, 0.15) is 51.1 Å². The highest BCUT2D eigenvalue weighted by Crippen LogP contribution is 2.34. The number of likely N-dealkylation sites (tertiary alicyclic amines) is 1. The number of rotatable bonds is 7. The van der Waals surface area contributed by atoms with E-state index in [1.165, 1.54) is 6.42 Å². The van der Waals surface area contributed by atoms with Crippen LogP contribution in [0.2, 0.25) is 0 Å². The van der Waals surface area contributed by atoms with Crippen molar-refractivity contribution >= 4 is 11.8 Å². The number of nitrogens with zero attached hydrogens (tertiary/aromatic N) is 3. The second-order valence-corrected chi connectivity index (χ2v) is 10.0. The van der Waals surface area contributed by atoms with Crippen LogP contribution in [0.15, 0.2) is 18.2 Å². The molecular weight excluding hydrogens is 432 g/mol. The molecule has 0 aliphatic carbocycles. The molecular formula is C26H40N4O4. The molecule has 8 nitrogen and oxygen atoms in total. The molecule has 188 valence electrons. The maximum Gasteiger partial charge on any atom is 0.236 e. The fraction of sp³-hybridized carbons (Fsp3) is 0.692. The standard InChI is InChI=1S/C26H40N4O4/c1-20(2)26(21-7-8-22-23(17-21)34-16-6-15-33-22)27-24(31)18-28-11-13-29(14-12-28)19-25(32)30-9-4-3-5-10-30/h7-8,17,20,26H,3-6,9-16,18-19H2,1-2H3,(H,27,31)/t26-/m1/s1. The topological polar surface area (TPSA) is 74.4 Å². The lowest BCUT2D eigenvalue weighted by Gasteiger charge is -2.36. The molecule has 1 atom stereocenters. The van der Waals surface area contributed by atoms with Crippen molar-refractivity contribution in [2.75, 3.05) is 65.6 Å². The van der Waals surface area contributed by atoms with Gasteiger partial charge in [-0.2, -0.15) is 0 Å². The first-order valence-corrected chi connectivity index (χ1v) is 12.9. The van der Waals surface area contributed by atoms with Crippen LogP contribution in [0.3, 0.4) is 0 Å². The van der Waals surface area contributed by atoms with Gasteiger partial charge >= 0.3 is 0 Å². The SMILES string of the molecule is CC(C)[C@@H](NC(=O)CN1CCN(CC(=O)N2CCCCC2)CC1)c1ccc2c(c1)OCCCO2. The van der Waals surface area contributed by atoms with Crippen LogP contribution in [-0.2, 0) is 9.59 Å². The van der Waals surface area contributed by atoms with E-state index in [1.807, 2.05) is 23.1 Å². The van der Waals surface area contributed by atoms with E-state index in [2.05, 4.69) is 29.0 Å². The van der Waals surface area contributed by atoms with Gasteiger partial charge in [-0.1, -0.05) is 19.9 Å². The van der Waals surface area contributed by atoms with E-state index in [9.17, 15) is 9.59 Å². The Labute approximate surface area is 203 Å². The van der Waals surface area contributed by atoms with Gasteiger partial charge in [0.1, 0.15) is 0 Å². The largest absolute Gasteiger partial charge is 0.490 e. The lowest BCUT2D eigenvalue weighted by molar-refractivity contribution is -0.134. The number of piperidine rings is 1. The summed E-state index contributed by atoms with van der Waals surface area (Å²) >= 11 is 0. The van der Waals surface area contributed by atoms with Gasteiger partial charge < -0.3 is 19.7 Å². The highest BCUT2D eigenvalue weighted by molar-refractivity contribution is 5.79. The van der Waals surface area contributed by atoms with E-state index in [0.29, 0.717) is 26.3 Å². The molecule has 0 aromatic heterocycles. The van der Waals surface area contributed by atoms with E-state index in [1.54, 1.807) is 0 Å². The van der Waals surface area contributed by atoms with Crippen molar-refractivity contribution in [1.82, 2.24) is 20.0 Å². The minimum absolute atomic E-state index is 0.0312. The molecule has 3 aliphatic rings. The molecule has 0 saturated carbocycles. The fourth-order valence-electron chi connectivity index (χ4n) is 4.97. The average Bonchev–Trinajstić information content (AvgIpc) is 3.09. The predicted octanol–water partition coefficient (Wildman–Crippen LogP) is 2.29. The number of benzene rings is 1. The van der Waals surface area contributed by atoms with E-state index in [-0.39, 0.29) is 23.8 Å². The molecule has 2 saturated heterocycles. The second-order valence-electron chi connectivity index (χ2n) is 10.0. The van der Waals surface area contributed by atoms with Crippen LogP contribution in [0.25, 0.3) is 0 Å². The third-order valence-electron chi connectivity index (χ3n) is 7.01. The molecule has 34 heavy (non-hydrogen) atoms. The highest BCUT2D eigenvalue weighted by Gasteiger charge is 2.25. The third-order valence-corrected chi connectivity index (χ3v) is 7.01. The molecule has 3 heterocycles. The van der Waals surface area contributed by atoms with Crippen molar-refractivity contribution in [3.05, 3.63) is 23.8 Å². The van der Waals surface area contributed by atoms with Gasteiger partial charge in [-0.05, 0) is 42.9 Å². The van der Waals surface area contributed by atoms with Crippen molar-refractivity contribution < 1.29 is 19.1 Å². The van der Waals surface area contributed by atoms with E-state index in [4.69, 9.17) is 9.47 Å². The maximum atomic E-state index is 12.9. The van der Waals surface area contributed by atoms with Crippen LogP contribution in [0.5, 0.6) is 11.5 Å². The number of nitrogens with one attached hydrogen (secondary N) is 1. The molecule has 3 aliphatic heterocycles. The van der Waals surface area contributed by atoms with Crippen LogP contribution in [-0.4, -0.2) is 92.1 Å². The fourth-order valence-corrected chi connectivity index (χ4v) is 4.97. The summed E-state index contributed by atoms with van der Waals surface area (Å²) in [6.07, 6.45) is 4.35. The van der Waals surface area contributed by atoms with Gasteiger partial charge in [0.25, 0.3) is 0 Å². The van der Waals surface area contributed by atoms with Crippen LogP contribution in [0, 0.1) is 5.92 Å². The number of carbonyl (C=O) groups is 2. The molecule has 0 bridgehead atoms. The van der Waals surface area contributed by atoms with Gasteiger partial charge in [-0.3, -0.25) is 19.4 Å². The van der Waals surface area contributed by atoms with Gasteiger partial charge in [0, 0.05) is 45.7 Å². The number of carbonyl (C=O) groups excluding carboxylic acids is 2. The molecule has 0 radical (unpaired) electrons. The molecule has 4 rings (SSSR count). The van der Waals surface area contributed by atoms with Gasteiger partial charge in [0.15, 0.2) is 11.5 Å². The summed E-state index contributed by atoms with van der Waals surface area (Å²) in [5.41, 5.74) is 1.04. The van der Waals surface area contributed by atoms with Crippen molar-refractivity contribution in [3.63, 3.8) is 0 Å². The highest BCUT2D eigenvalue weighted by atomic mass is 16.5. The Morgan fingerprint density at radius 3 is 2.18 bits per heavy atom. The van der Waals surface area contributed by atoms with Crippen molar-refractivity contribution in [2.24, 2.45) is 5.92 Å². The van der Waals surface area contributed by atoms with Gasteiger partial charge in [0.05, 0.1) is 32.3 Å². The van der Waals surface area contributed by atoms with Crippen LogP contribution < -0.4 is 14.8 Å². The Hall–Kier alpha value is -2.32. The first kappa shape index (κ1) is 24.8. The molecule has 8 heteroatoms. The number of fused-ring (bicyclic) bond motifs is 1. The zero-order valence-electron chi connectivity index (χ0n) is 20.8. The zero-order chi connectivity index (χ0) is 23.9. The van der Waals surface area contributed by atoms with Gasteiger partial charge in [0.2, 0.25) is 11.8 Å². The van der Waals surface area contributed by atoms with Gasteiger partial charge in [-0.25, -0.2) is 0 Å². The number of hydrogen-bond acceptors (Lipinski definition) is 6. The normalized spacial score (nSPS) is 20.6. The Morgan fingerprint density at radius 2 is 1.50 bits per heavy atom. The third kappa shape index (κ3) is 6.63. The van der Waals surface area contributed by atoms with Crippen molar-refractivity contribution in [1.29, 1.82) is 0 Å². The number of amides is 2. The van der Waals surface area contributed by atoms with Crippen molar-refractivity contribution in [2.45, 2.75) is 45.6 Å². The summed E-state index contributed by atoms with van der Waals surface area (Å²) < 4.78 is 11.6. The first-order chi connectivity index (χ1) is 16.5. The molecule has 1 N–H and O–H groups in total. The second kappa shape index (κ2) is 11.9. The Bertz CT molecular complexity index is 832. The zero-order valence-corrected chi connectivity index (χ0v) is 20.8. The molecule has 1 aromatic carbocycles. The Kier molecular flexibility index (Phi) is 8.67. The molecule has 1 aromatic rings. The lowest BCUT2D eigenvalue weighted by Crippen LogP contribution is -2.52. The number of hydrogen-bond donors (Lipinski definition) is 1. The molecule has 0 spiro atoms. The number of piperazine rings is 1. The van der Waals surface area contributed by atoms with Crippen molar-refractivity contribution in [3.8, 4) is 11.5 Å². The summed E-state index contributed by atoms with van der Waals surface area (Å²) in [7, 11) is 0. The maximum absolute atomic E-state index is 12.9. The quantitative estimate of drug-likeness (QED) is 0.657. The summed E-state index contributed by atoms with van der Waals surface area (Å²) in [5.74, 6) is 2.05. The minimum atomic E-state index is -0.0897. The summed E-state index contributed by atoms with van der Waals surface area (Å²) in [6, 6.07) is 5.88. The lowest BCUT2D eigenvalue weighted by atomic mass is 9.95. The molecule has 0 unspecified atom stereocenters. The Morgan fingerprint density at radius 1 is 0.853 bits per heavy atom. The first-order valence-electron chi connectivity index (χ1n) is 12.9. The molecule has 2 amide bonds. The van der Waals surface area contributed by atoms with E-state index < -0.39 is 0 Å².